The second kappa shape index (κ2) is 2.10. The van der Waals surface area contributed by atoms with Crippen LogP contribution in [-0.2, 0) is 0 Å². The topological polar surface area (TPSA) is 79.1 Å². The van der Waals surface area contributed by atoms with Gasteiger partial charge in [0.05, 0.1) is 0 Å². The summed E-state index contributed by atoms with van der Waals surface area (Å²) in [5, 5.41) is 9.00. The zero-order valence-electron chi connectivity index (χ0n) is 6.29. The highest BCUT2D eigenvalue weighted by atomic mass is 16.4. The number of oxazole rings is 1. The van der Waals surface area contributed by atoms with Crippen LogP contribution < -0.4 is 5.56 Å². The van der Waals surface area contributed by atoms with Crippen LogP contribution in [-0.4, -0.2) is 15.1 Å². The predicted molar refractivity (Wildman–Crippen MR) is 41.0 cm³/mol. The second-order valence-electron chi connectivity index (χ2n) is 2.43. The van der Waals surface area contributed by atoms with Gasteiger partial charge in [0.25, 0.3) is 5.56 Å². The Morgan fingerprint density at radius 2 is 2.42 bits per heavy atom. The average molecular weight is 166 g/mol. The molecule has 0 saturated carbocycles. The zero-order chi connectivity index (χ0) is 8.72. The van der Waals surface area contributed by atoms with Gasteiger partial charge >= 0.3 is 0 Å². The summed E-state index contributed by atoms with van der Waals surface area (Å²) in [7, 11) is 0. The Balaban J connectivity index is 2.92. The summed E-state index contributed by atoms with van der Waals surface area (Å²) in [5.74, 6) is 0.0991. The minimum Gasteiger partial charge on any atom is -0.503 e. The van der Waals surface area contributed by atoms with Crippen LogP contribution in [0.4, 0.5) is 0 Å². The van der Waals surface area contributed by atoms with Crippen molar-refractivity contribution in [2.24, 2.45) is 0 Å². The highest BCUT2D eigenvalue weighted by molar-refractivity contribution is 5.69. The Kier molecular flexibility index (Phi) is 1.21. The van der Waals surface area contributed by atoms with Crippen LogP contribution in [0.2, 0.25) is 0 Å². The monoisotopic (exact) mass is 166 g/mol. The SMILES string of the molecule is Cc1nc2cc(O)c(=O)[nH]c2o1. The summed E-state index contributed by atoms with van der Waals surface area (Å²) in [6.45, 7) is 1.66. The van der Waals surface area contributed by atoms with Crippen molar-refractivity contribution in [1.82, 2.24) is 9.97 Å². The Hall–Kier alpha value is -1.78. The largest absolute Gasteiger partial charge is 0.503 e. The maximum absolute atomic E-state index is 10.8. The van der Waals surface area contributed by atoms with Crippen molar-refractivity contribution >= 4 is 11.2 Å². The summed E-state index contributed by atoms with van der Waals surface area (Å²) in [4.78, 5) is 17.1. The molecule has 0 saturated heterocycles. The van der Waals surface area contributed by atoms with E-state index in [0.717, 1.165) is 0 Å². The van der Waals surface area contributed by atoms with Crippen molar-refractivity contribution in [3.63, 3.8) is 0 Å². The Bertz CT molecular complexity index is 483. The number of nitrogens with zero attached hydrogens (tertiary/aromatic N) is 1. The minimum atomic E-state index is -0.571. The van der Waals surface area contributed by atoms with Crippen LogP contribution in [0.1, 0.15) is 5.89 Å². The summed E-state index contributed by atoms with van der Waals surface area (Å²) in [6, 6.07) is 1.27. The fourth-order valence-electron chi connectivity index (χ4n) is 0.993. The van der Waals surface area contributed by atoms with Crippen LogP contribution in [0.3, 0.4) is 0 Å². The molecule has 0 aromatic carbocycles. The van der Waals surface area contributed by atoms with Crippen LogP contribution in [0.25, 0.3) is 11.2 Å². The molecule has 0 spiro atoms. The van der Waals surface area contributed by atoms with Crippen molar-refractivity contribution < 1.29 is 9.52 Å². The molecule has 2 N–H and O–H groups in total. The van der Waals surface area contributed by atoms with E-state index in [1.54, 1.807) is 6.92 Å². The zero-order valence-corrected chi connectivity index (χ0v) is 6.29. The lowest BCUT2D eigenvalue weighted by atomic mass is 10.4. The Labute approximate surface area is 66.7 Å². The molecule has 0 unspecified atom stereocenters. The summed E-state index contributed by atoms with van der Waals surface area (Å²) < 4.78 is 5.03. The minimum absolute atomic E-state index is 0.287. The third-order valence-electron chi connectivity index (χ3n) is 1.49. The van der Waals surface area contributed by atoms with E-state index in [0.29, 0.717) is 11.4 Å². The predicted octanol–water partition coefficient (Wildman–Crippen LogP) is 0.530. The van der Waals surface area contributed by atoms with Crippen LogP contribution in [0, 0.1) is 6.92 Å². The number of pyridine rings is 1. The molecule has 5 nitrogen and oxygen atoms in total. The van der Waals surface area contributed by atoms with Gasteiger partial charge in [0, 0.05) is 13.0 Å². The molecule has 0 bridgehead atoms. The van der Waals surface area contributed by atoms with E-state index >= 15 is 0 Å². The van der Waals surface area contributed by atoms with Gasteiger partial charge < -0.3 is 9.52 Å². The van der Waals surface area contributed by atoms with Gasteiger partial charge in [0.2, 0.25) is 5.71 Å². The first-order valence-corrected chi connectivity index (χ1v) is 3.36. The molecule has 0 aliphatic rings. The van der Waals surface area contributed by atoms with Crippen molar-refractivity contribution in [3.8, 4) is 5.75 Å². The summed E-state index contributed by atoms with van der Waals surface area (Å²) in [6.07, 6.45) is 0. The highest BCUT2D eigenvalue weighted by Gasteiger charge is 2.05. The van der Waals surface area contributed by atoms with E-state index in [9.17, 15) is 4.79 Å². The number of aromatic hydroxyl groups is 1. The van der Waals surface area contributed by atoms with E-state index in [-0.39, 0.29) is 11.5 Å². The van der Waals surface area contributed by atoms with Gasteiger partial charge in [0.1, 0.15) is 5.52 Å². The van der Waals surface area contributed by atoms with Gasteiger partial charge in [-0.05, 0) is 0 Å². The van der Waals surface area contributed by atoms with E-state index in [1.165, 1.54) is 6.07 Å². The number of aryl methyl sites for hydroxylation is 1. The van der Waals surface area contributed by atoms with Gasteiger partial charge in [-0.2, -0.15) is 0 Å². The van der Waals surface area contributed by atoms with Crippen LogP contribution in [0.15, 0.2) is 15.3 Å². The van der Waals surface area contributed by atoms with Crippen molar-refractivity contribution in [2.45, 2.75) is 6.92 Å². The number of rotatable bonds is 0. The quantitative estimate of drug-likeness (QED) is 0.598. The number of hydrogen-bond donors (Lipinski definition) is 2. The molecule has 0 amide bonds. The van der Waals surface area contributed by atoms with E-state index in [4.69, 9.17) is 9.52 Å². The number of aromatic nitrogens is 2. The van der Waals surface area contributed by atoms with Gasteiger partial charge in [-0.3, -0.25) is 9.78 Å². The Morgan fingerprint density at radius 3 is 3.17 bits per heavy atom. The molecule has 0 radical (unpaired) electrons. The molecule has 5 heteroatoms. The first-order valence-electron chi connectivity index (χ1n) is 3.36. The van der Waals surface area contributed by atoms with Crippen molar-refractivity contribution in [1.29, 1.82) is 0 Å². The van der Waals surface area contributed by atoms with Crippen LogP contribution >= 0.6 is 0 Å². The lowest BCUT2D eigenvalue weighted by Crippen LogP contribution is -2.03. The molecular weight excluding hydrogens is 160 g/mol. The molecule has 0 atom stereocenters. The van der Waals surface area contributed by atoms with Crippen LogP contribution in [0.5, 0.6) is 5.75 Å². The summed E-state index contributed by atoms with van der Waals surface area (Å²) >= 11 is 0. The molecule has 2 aromatic rings. The number of fused-ring (bicyclic) bond motifs is 1. The first kappa shape index (κ1) is 6.90. The molecule has 0 aliphatic carbocycles. The fourth-order valence-corrected chi connectivity index (χ4v) is 0.993. The summed E-state index contributed by atoms with van der Waals surface area (Å²) in [5.41, 5.74) is 0.165. The molecule has 0 aliphatic heterocycles. The third kappa shape index (κ3) is 0.868. The number of hydrogen-bond acceptors (Lipinski definition) is 4. The Morgan fingerprint density at radius 1 is 1.67 bits per heavy atom. The van der Waals surface area contributed by atoms with Crippen molar-refractivity contribution in [2.75, 3.05) is 0 Å². The number of H-pyrrole nitrogens is 1. The lowest BCUT2D eigenvalue weighted by Gasteiger charge is -1.87. The van der Waals surface area contributed by atoms with Gasteiger partial charge in [-0.25, -0.2) is 4.98 Å². The smallest absolute Gasteiger partial charge is 0.292 e. The molecule has 2 rings (SSSR count). The maximum Gasteiger partial charge on any atom is 0.292 e. The molecule has 12 heavy (non-hydrogen) atoms. The lowest BCUT2D eigenvalue weighted by molar-refractivity contribution is 0.466. The third-order valence-corrected chi connectivity index (χ3v) is 1.49. The van der Waals surface area contributed by atoms with E-state index < -0.39 is 5.56 Å². The molecule has 2 heterocycles. The van der Waals surface area contributed by atoms with Gasteiger partial charge in [-0.15, -0.1) is 0 Å². The van der Waals surface area contributed by atoms with E-state index in [2.05, 4.69) is 9.97 Å². The molecule has 0 fully saturated rings. The molecule has 62 valence electrons. The highest BCUT2D eigenvalue weighted by Crippen LogP contribution is 2.13. The number of aromatic amines is 1. The van der Waals surface area contributed by atoms with E-state index in [1.807, 2.05) is 0 Å². The first-order chi connectivity index (χ1) is 5.66. The maximum atomic E-state index is 10.8. The standard InChI is InChI=1S/C7H6N2O3/c1-3-8-4-2-5(10)6(11)9-7(4)12-3/h2,10H,1H3,(H,9,11). The molecule has 2 aromatic heterocycles. The van der Waals surface area contributed by atoms with Crippen molar-refractivity contribution in [3.05, 3.63) is 22.3 Å². The second-order valence-corrected chi connectivity index (χ2v) is 2.43. The average Bonchev–Trinajstić information content (AvgIpc) is 2.30. The van der Waals surface area contributed by atoms with Gasteiger partial charge in [0.15, 0.2) is 11.6 Å². The normalized spacial score (nSPS) is 10.8. The van der Waals surface area contributed by atoms with Gasteiger partial charge in [-0.1, -0.05) is 0 Å². The fraction of sp³-hybridized carbons (Fsp3) is 0.143. The number of nitrogens with one attached hydrogen (secondary N) is 1. The molecular formula is C7H6N2O3.